The summed E-state index contributed by atoms with van der Waals surface area (Å²) in [5, 5.41) is 22.4. The lowest BCUT2D eigenvalue weighted by Gasteiger charge is -2.11. The summed E-state index contributed by atoms with van der Waals surface area (Å²) in [6, 6.07) is 8.68. The molecule has 11 nitrogen and oxygen atoms in total. The summed E-state index contributed by atoms with van der Waals surface area (Å²) in [6.07, 6.45) is 4.10. The van der Waals surface area contributed by atoms with Gasteiger partial charge >= 0.3 is 0 Å². The lowest BCUT2D eigenvalue weighted by molar-refractivity contribution is -0.117. The van der Waals surface area contributed by atoms with Gasteiger partial charge < -0.3 is 21.1 Å². The Labute approximate surface area is 183 Å². The fourth-order valence-corrected chi connectivity index (χ4v) is 4.20. The lowest BCUT2D eigenvalue weighted by atomic mass is 10.1. The van der Waals surface area contributed by atoms with Crippen LogP contribution in [0.4, 0.5) is 5.82 Å². The molecule has 5 N–H and O–H groups in total. The van der Waals surface area contributed by atoms with Crippen molar-refractivity contribution in [2.24, 2.45) is 0 Å². The topological polar surface area (TPSA) is 150 Å². The molecule has 1 aliphatic heterocycles. The van der Waals surface area contributed by atoms with E-state index in [2.05, 4.69) is 25.8 Å². The normalized spacial score (nSPS) is 19.9. The Morgan fingerprint density at radius 3 is 2.75 bits per heavy atom. The lowest BCUT2D eigenvalue weighted by Crippen LogP contribution is -2.30. The Morgan fingerprint density at radius 1 is 1.25 bits per heavy atom. The molecule has 12 heteroatoms. The summed E-state index contributed by atoms with van der Waals surface area (Å²) < 4.78 is 28.5. The zero-order chi connectivity index (χ0) is 22.5. The summed E-state index contributed by atoms with van der Waals surface area (Å²) in [5.41, 5.74) is 2.42. The Bertz CT molecular complexity index is 1360. The summed E-state index contributed by atoms with van der Waals surface area (Å²) in [5.74, 6) is 0.275. The number of fused-ring (bicyclic) bond motifs is 1. The van der Waals surface area contributed by atoms with Crippen LogP contribution in [0.2, 0.25) is 0 Å². The highest BCUT2D eigenvalue weighted by Crippen LogP contribution is 2.30. The molecule has 2 aromatic heterocycles. The second kappa shape index (κ2) is 7.58. The van der Waals surface area contributed by atoms with Crippen molar-refractivity contribution in [2.45, 2.75) is 30.1 Å². The van der Waals surface area contributed by atoms with Crippen molar-refractivity contribution in [3.8, 4) is 11.3 Å². The predicted octanol–water partition coefficient (Wildman–Crippen LogP) is 0.215. The van der Waals surface area contributed by atoms with Crippen molar-refractivity contribution in [3.63, 3.8) is 0 Å². The molecule has 1 unspecified atom stereocenters. The molecular weight excluding hydrogens is 434 g/mol. The molecule has 1 aromatic carbocycles. The number of benzene rings is 1. The van der Waals surface area contributed by atoms with Crippen LogP contribution in [0.5, 0.6) is 0 Å². The van der Waals surface area contributed by atoms with Gasteiger partial charge in [-0.25, -0.2) is 18.1 Å². The highest BCUT2D eigenvalue weighted by Gasteiger charge is 2.25. The van der Waals surface area contributed by atoms with Gasteiger partial charge in [-0.2, -0.15) is 9.61 Å². The largest absolute Gasteiger partial charge is 0.367 e. The molecule has 3 heterocycles. The number of aliphatic hydroxyl groups excluding tert-OH is 1. The van der Waals surface area contributed by atoms with E-state index in [-0.39, 0.29) is 10.6 Å². The van der Waals surface area contributed by atoms with Crippen molar-refractivity contribution in [1.29, 1.82) is 0 Å². The molecule has 3 aromatic rings. The van der Waals surface area contributed by atoms with Gasteiger partial charge in [-0.1, -0.05) is 12.1 Å². The predicted molar refractivity (Wildman–Crippen MR) is 117 cm³/mol. The third-order valence-electron chi connectivity index (χ3n) is 5.24. The molecule has 0 spiro atoms. The van der Waals surface area contributed by atoms with Crippen molar-refractivity contribution in [3.05, 3.63) is 47.8 Å². The minimum absolute atomic E-state index is 0.132. The zero-order valence-electron chi connectivity index (χ0n) is 17.0. The molecule has 2 aliphatic rings. The molecule has 32 heavy (non-hydrogen) atoms. The van der Waals surface area contributed by atoms with Crippen LogP contribution in [0, 0.1) is 0 Å². The van der Waals surface area contributed by atoms with E-state index < -0.39 is 22.3 Å². The summed E-state index contributed by atoms with van der Waals surface area (Å²) in [7, 11) is -2.25. The van der Waals surface area contributed by atoms with E-state index in [0.29, 0.717) is 34.3 Å². The highest BCUT2D eigenvalue weighted by atomic mass is 32.2. The molecule has 166 valence electrons. The first-order valence-corrected chi connectivity index (χ1v) is 11.5. The molecule has 1 atom stereocenters. The van der Waals surface area contributed by atoms with Crippen LogP contribution in [-0.2, 0) is 14.8 Å². The Kier molecular flexibility index (Phi) is 4.84. The van der Waals surface area contributed by atoms with E-state index >= 15 is 0 Å². The van der Waals surface area contributed by atoms with Crippen LogP contribution < -0.4 is 20.7 Å². The molecule has 0 radical (unpaired) electrons. The smallest absolute Gasteiger partial charge is 0.270 e. The molecule has 5 rings (SSSR count). The quantitative estimate of drug-likeness (QED) is 0.331. The molecule has 1 amide bonds. The van der Waals surface area contributed by atoms with Crippen LogP contribution in [-0.4, -0.2) is 53.5 Å². The number of nitrogens with one attached hydrogen (secondary N) is 4. The average Bonchev–Trinajstić information content (AvgIpc) is 3.42. The number of hydrogen-bond acceptors (Lipinski definition) is 8. The zero-order valence-corrected chi connectivity index (χ0v) is 17.8. The first-order chi connectivity index (χ1) is 15.3. The second-order valence-electron chi connectivity index (χ2n) is 7.59. The van der Waals surface area contributed by atoms with Gasteiger partial charge in [-0.3, -0.25) is 4.79 Å². The standard InChI is InChI=1S/C20H21N7O4S/c1-21-32(30,31)14-4-2-3-11(7-14)15-9-17(23-13-5-6-13)27-18(24-15)12(10-22-27)8-16-19(28)26-20(29)25-16/h2-4,7-10,13,20-21,23,25,29H,5-6H2,1H3,(H,26,28)/b16-8-. The summed E-state index contributed by atoms with van der Waals surface area (Å²) >= 11 is 0. The molecule has 1 aliphatic carbocycles. The number of nitrogens with zero attached hydrogens (tertiary/aromatic N) is 3. The number of rotatable bonds is 6. The Balaban J connectivity index is 1.65. The number of sulfonamides is 1. The van der Waals surface area contributed by atoms with E-state index in [1.807, 2.05) is 6.07 Å². The number of carbonyl (C=O) groups is 1. The van der Waals surface area contributed by atoms with Gasteiger partial charge in [0, 0.05) is 23.2 Å². The summed E-state index contributed by atoms with van der Waals surface area (Å²) in [4.78, 5) is 16.8. The number of anilines is 1. The van der Waals surface area contributed by atoms with Gasteiger partial charge in [-0.15, -0.1) is 0 Å². The number of amides is 1. The molecular formula is C20H21N7O4S. The maximum absolute atomic E-state index is 12.2. The number of aromatic nitrogens is 3. The van der Waals surface area contributed by atoms with E-state index in [0.717, 1.165) is 12.8 Å². The van der Waals surface area contributed by atoms with Crippen LogP contribution >= 0.6 is 0 Å². The monoisotopic (exact) mass is 455 g/mol. The van der Waals surface area contributed by atoms with Gasteiger partial charge in [0.05, 0.1) is 16.8 Å². The maximum atomic E-state index is 12.2. The fourth-order valence-electron chi connectivity index (χ4n) is 3.42. The Hall–Kier alpha value is -3.48. The third-order valence-corrected chi connectivity index (χ3v) is 6.65. The fraction of sp³-hybridized carbons (Fsp3) is 0.250. The van der Waals surface area contributed by atoms with Crippen molar-refractivity contribution in [1.82, 2.24) is 30.0 Å². The van der Waals surface area contributed by atoms with E-state index in [9.17, 15) is 18.3 Å². The average molecular weight is 456 g/mol. The number of aliphatic hydroxyl groups is 1. The van der Waals surface area contributed by atoms with Gasteiger partial charge in [0.15, 0.2) is 5.65 Å². The summed E-state index contributed by atoms with van der Waals surface area (Å²) in [6.45, 7) is 0. The molecule has 1 saturated heterocycles. The third kappa shape index (κ3) is 3.79. The molecule has 2 fully saturated rings. The van der Waals surface area contributed by atoms with Crippen molar-refractivity contribution in [2.75, 3.05) is 12.4 Å². The van der Waals surface area contributed by atoms with Crippen LogP contribution in [0.15, 0.2) is 47.1 Å². The number of hydrogen-bond donors (Lipinski definition) is 5. The van der Waals surface area contributed by atoms with Crippen LogP contribution in [0.25, 0.3) is 23.0 Å². The van der Waals surface area contributed by atoms with Crippen LogP contribution in [0.1, 0.15) is 18.4 Å². The van der Waals surface area contributed by atoms with Crippen molar-refractivity contribution < 1.29 is 18.3 Å². The minimum atomic E-state index is -3.61. The van der Waals surface area contributed by atoms with Gasteiger partial charge in [0.1, 0.15) is 11.5 Å². The van der Waals surface area contributed by atoms with Gasteiger partial charge in [0.25, 0.3) is 5.91 Å². The molecule has 1 saturated carbocycles. The van der Waals surface area contributed by atoms with E-state index in [1.54, 1.807) is 35.0 Å². The number of carbonyl (C=O) groups excluding carboxylic acids is 1. The first kappa shape index (κ1) is 20.4. The van der Waals surface area contributed by atoms with Crippen molar-refractivity contribution >= 4 is 33.5 Å². The SMILES string of the molecule is CNS(=O)(=O)c1cccc(-c2cc(NC3CC3)n3ncc(/C=C4\NC(O)NC4=O)c3n2)c1. The minimum Gasteiger partial charge on any atom is -0.367 e. The second-order valence-corrected chi connectivity index (χ2v) is 9.48. The van der Waals surface area contributed by atoms with E-state index in [1.165, 1.54) is 13.1 Å². The van der Waals surface area contributed by atoms with Crippen LogP contribution in [0.3, 0.4) is 0 Å². The van der Waals surface area contributed by atoms with Gasteiger partial charge in [-0.05, 0) is 38.1 Å². The Morgan fingerprint density at radius 2 is 2.06 bits per heavy atom. The highest BCUT2D eigenvalue weighted by molar-refractivity contribution is 7.89. The first-order valence-electron chi connectivity index (χ1n) is 10.0. The molecule has 0 bridgehead atoms. The maximum Gasteiger partial charge on any atom is 0.270 e. The van der Waals surface area contributed by atoms with Gasteiger partial charge in [0.2, 0.25) is 16.4 Å². The van der Waals surface area contributed by atoms with E-state index in [4.69, 9.17) is 4.98 Å².